The van der Waals surface area contributed by atoms with Gasteiger partial charge in [0.2, 0.25) is 0 Å². The number of hydrogen-bond acceptors (Lipinski definition) is 7. The summed E-state index contributed by atoms with van der Waals surface area (Å²) in [6, 6.07) is 2.85. The Balaban J connectivity index is 3.03. The highest BCUT2D eigenvalue weighted by Crippen LogP contribution is 2.24. The van der Waals surface area contributed by atoms with Crippen LogP contribution in [0.4, 0.5) is 5.69 Å². The molecule has 0 radical (unpaired) electrons. The summed E-state index contributed by atoms with van der Waals surface area (Å²) in [4.78, 5) is 34.3. The van der Waals surface area contributed by atoms with E-state index in [9.17, 15) is 19.7 Å². The third-order valence-corrected chi connectivity index (χ3v) is 3.68. The summed E-state index contributed by atoms with van der Waals surface area (Å²) in [5.74, 6) is -0.382. The summed E-state index contributed by atoms with van der Waals surface area (Å²) in [5, 5.41) is 13.4. The Morgan fingerprint density at radius 2 is 2.09 bits per heavy atom. The SMILES string of the molecule is COC(=O)[C@@H](CCSC)NC(=O)c1cc([N+](=O)[O-])ccc1OC. The first-order valence-electron chi connectivity index (χ1n) is 6.64. The molecule has 1 N–H and O–H groups in total. The highest BCUT2D eigenvalue weighted by molar-refractivity contribution is 7.98. The van der Waals surface area contributed by atoms with Crippen LogP contribution in [0.15, 0.2) is 18.2 Å². The van der Waals surface area contributed by atoms with Crippen LogP contribution in [0.3, 0.4) is 0 Å². The van der Waals surface area contributed by atoms with Gasteiger partial charge in [0.1, 0.15) is 11.8 Å². The Bertz CT molecular complexity index is 593. The first kappa shape index (κ1) is 18.8. The van der Waals surface area contributed by atoms with Crippen LogP contribution in [0, 0.1) is 10.1 Å². The number of non-ortho nitro benzene ring substituents is 1. The predicted octanol–water partition coefficient (Wildman–Crippen LogP) is 1.63. The molecular formula is C14H18N2O6S. The van der Waals surface area contributed by atoms with Gasteiger partial charge in [-0.1, -0.05) is 0 Å². The minimum absolute atomic E-state index is 0.0141. The van der Waals surface area contributed by atoms with Crippen LogP contribution in [-0.4, -0.2) is 49.1 Å². The van der Waals surface area contributed by atoms with Crippen molar-refractivity contribution in [3.63, 3.8) is 0 Å². The maximum atomic E-state index is 12.4. The minimum Gasteiger partial charge on any atom is -0.496 e. The largest absolute Gasteiger partial charge is 0.496 e. The van der Waals surface area contributed by atoms with Crippen molar-refractivity contribution in [2.75, 3.05) is 26.2 Å². The Hall–Kier alpha value is -2.29. The number of nitrogens with zero attached hydrogens (tertiary/aromatic N) is 1. The summed E-state index contributed by atoms with van der Waals surface area (Å²) in [7, 11) is 2.58. The molecule has 126 valence electrons. The van der Waals surface area contributed by atoms with E-state index < -0.39 is 22.8 Å². The van der Waals surface area contributed by atoms with Gasteiger partial charge in [-0.25, -0.2) is 4.79 Å². The van der Waals surface area contributed by atoms with Crippen molar-refractivity contribution in [3.8, 4) is 5.75 Å². The zero-order valence-corrected chi connectivity index (χ0v) is 13.8. The Morgan fingerprint density at radius 1 is 1.39 bits per heavy atom. The molecule has 0 aromatic heterocycles. The van der Waals surface area contributed by atoms with Crippen LogP contribution in [-0.2, 0) is 9.53 Å². The van der Waals surface area contributed by atoms with Gasteiger partial charge in [0.15, 0.2) is 0 Å². The molecule has 1 aromatic rings. The van der Waals surface area contributed by atoms with Crippen molar-refractivity contribution in [1.29, 1.82) is 0 Å². The molecule has 23 heavy (non-hydrogen) atoms. The number of nitrogens with one attached hydrogen (secondary N) is 1. The fourth-order valence-electron chi connectivity index (χ4n) is 1.85. The molecule has 0 bridgehead atoms. The number of nitro benzene ring substituents is 1. The summed E-state index contributed by atoms with van der Waals surface area (Å²) >= 11 is 1.52. The van der Waals surface area contributed by atoms with E-state index in [1.165, 1.54) is 38.1 Å². The number of hydrogen-bond donors (Lipinski definition) is 1. The summed E-state index contributed by atoms with van der Waals surface area (Å²) < 4.78 is 9.71. The molecule has 1 amide bonds. The Morgan fingerprint density at radius 3 is 2.61 bits per heavy atom. The predicted molar refractivity (Wildman–Crippen MR) is 85.9 cm³/mol. The maximum absolute atomic E-state index is 12.4. The van der Waals surface area contributed by atoms with Crippen molar-refractivity contribution in [2.24, 2.45) is 0 Å². The van der Waals surface area contributed by atoms with E-state index in [1.807, 2.05) is 6.26 Å². The van der Waals surface area contributed by atoms with E-state index in [2.05, 4.69) is 10.1 Å². The fraction of sp³-hybridized carbons (Fsp3) is 0.429. The molecule has 1 aromatic carbocycles. The molecular weight excluding hydrogens is 324 g/mol. The summed E-state index contributed by atoms with van der Waals surface area (Å²) in [5.41, 5.74) is -0.255. The van der Waals surface area contributed by atoms with Gasteiger partial charge in [-0.15, -0.1) is 0 Å². The quantitative estimate of drug-likeness (QED) is 0.434. The lowest BCUT2D eigenvalue weighted by atomic mass is 10.1. The molecule has 0 spiro atoms. The van der Waals surface area contributed by atoms with Crippen LogP contribution in [0.1, 0.15) is 16.8 Å². The highest BCUT2D eigenvalue weighted by Gasteiger charge is 2.24. The molecule has 1 rings (SSSR count). The van der Waals surface area contributed by atoms with Gasteiger partial charge in [-0.2, -0.15) is 11.8 Å². The second kappa shape index (κ2) is 8.99. The second-order valence-electron chi connectivity index (χ2n) is 4.47. The third-order valence-electron chi connectivity index (χ3n) is 3.04. The van der Waals surface area contributed by atoms with Gasteiger partial charge in [0.25, 0.3) is 11.6 Å². The molecule has 8 nitrogen and oxygen atoms in total. The first-order chi connectivity index (χ1) is 10.9. The molecule has 9 heteroatoms. The number of amides is 1. The summed E-state index contributed by atoms with van der Waals surface area (Å²) in [6.45, 7) is 0. The van der Waals surface area contributed by atoms with Crippen LogP contribution >= 0.6 is 11.8 Å². The topological polar surface area (TPSA) is 108 Å². The van der Waals surface area contributed by atoms with Gasteiger partial charge in [-0.05, 0) is 24.5 Å². The first-order valence-corrected chi connectivity index (χ1v) is 8.04. The van der Waals surface area contributed by atoms with E-state index in [-0.39, 0.29) is 17.0 Å². The molecule has 1 atom stereocenters. The molecule has 0 aliphatic carbocycles. The lowest BCUT2D eigenvalue weighted by Crippen LogP contribution is -2.42. The number of rotatable bonds is 8. The average Bonchev–Trinajstić information content (AvgIpc) is 2.56. The third kappa shape index (κ3) is 5.13. The second-order valence-corrected chi connectivity index (χ2v) is 5.46. The van der Waals surface area contributed by atoms with E-state index in [1.54, 1.807) is 0 Å². The molecule has 0 aliphatic heterocycles. The van der Waals surface area contributed by atoms with E-state index >= 15 is 0 Å². The van der Waals surface area contributed by atoms with Crippen molar-refractivity contribution in [3.05, 3.63) is 33.9 Å². The van der Waals surface area contributed by atoms with Gasteiger partial charge >= 0.3 is 5.97 Å². The maximum Gasteiger partial charge on any atom is 0.328 e. The van der Waals surface area contributed by atoms with Gasteiger partial charge in [0, 0.05) is 12.1 Å². The molecule has 0 heterocycles. The lowest BCUT2D eigenvalue weighted by Gasteiger charge is -2.17. The molecule has 0 saturated carbocycles. The van der Waals surface area contributed by atoms with Crippen molar-refractivity contribution >= 4 is 29.3 Å². The number of carbonyl (C=O) groups is 2. The van der Waals surface area contributed by atoms with Crippen LogP contribution in [0.2, 0.25) is 0 Å². The van der Waals surface area contributed by atoms with E-state index in [0.717, 1.165) is 6.07 Å². The fourth-order valence-corrected chi connectivity index (χ4v) is 2.32. The number of esters is 1. The smallest absolute Gasteiger partial charge is 0.328 e. The molecule has 0 saturated heterocycles. The zero-order valence-electron chi connectivity index (χ0n) is 13.0. The number of benzene rings is 1. The van der Waals surface area contributed by atoms with Gasteiger partial charge in [-0.3, -0.25) is 14.9 Å². The lowest BCUT2D eigenvalue weighted by molar-refractivity contribution is -0.384. The Labute approximate surface area is 137 Å². The van der Waals surface area contributed by atoms with E-state index in [0.29, 0.717) is 12.2 Å². The summed E-state index contributed by atoms with van der Waals surface area (Å²) in [6.07, 6.45) is 2.26. The molecule has 0 fully saturated rings. The molecule has 0 aliphatic rings. The number of methoxy groups -OCH3 is 2. The van der Waals surface area contributed by atoms with Crippen LogP contribution in [0.25, 0.3) is 0 Å². The van der Waals surface area contributed by atoms with Crippen molar-refractivity contribution in [2.45, 2.75) is 12.5 Å². The normalized spacial score (nSPS) is 11.4. The van der Waals surface area contributed by atoms with Crippen LogP contribution < -0.4 is 10.1 Å². The monoisotopic (exact) mass is 342 g/mol. The van der Waals surface area contributed by atoms with E-state index in [4.69, 9.17) is 4.74 Å². The minimum atomic E-state index is -0.830. The average molecular weight is 342 g/mol. The van der Waals surface area contributed by atoms with Crippen molar-refractivity contribution in [1.82, 2.24) is 5.32 Å². The number of thioether (sulfide) groups is 1. The zero-order chi connectivity index (χ0) is 17.4. The molecule has 0 unspecified atom stereocenters. The number of ether oxygens (including phenoxy) is 2. The number of nitro groups is 1. The standard InChI is InChI=1S/C14H18N2O6S/c1-21-12-5-4-9(16(19)20)8-10(12)13(17)15-11(6-7-23-3)14(18)22-2/h4-5,8,11H,6-7H2,1-3H3,(H,15,17)/t11-/m1/s1. The highest BCUT2D eigenvalue weighted by atomic mass is 32.2. The Kier molecular flexibility index (Phi) is 7.33. The van der Waals surface area contributed by atoms with Crippen molar-refractivity contribution < 1.29 is 24.0 Å². The van der Waals surface area contributed by atoms with Gasteiger partial charge < -0.3 is 14.8 Å². The van der Waals surface area contributed by atoms with Gasteiger partial charge in [0.05, 0.1) is 24.7 Å². The number of carbonyl (C=O) groups excluding carboxylic acids is 2. The van der Waals surface area contributed by atoms with Crippen LogP contribution in [0.5, 0.6) is 5.75 Å².